The average molecular weight is 486 g/mol. The summed E-state index contributed by atoms with van der Waals surface area (Å²) in [5, 5.41) is 3.05. The zero-order valence-electron chi connectivity index (χ0n) is 18.9. The van der Waals surface area contributed by atoms with E-state index in [4.69, 9.17) is 11.6 Å². The van der Waals surface area contributed by atoms with Gasteiger partial charge < -0.3 is 5.32 Å². The lowest BCUT2D eigenvalue weighted by atomic mass is 10.1. The van der Waals surface area contributed by atoms with Gasteiger partial charge >= 0.3 is 0 Å². The molecule has 2 N–H and O–H groups in total. The maximum Gasteiger partial charge on any atom is 0.261 e. The van der Waals surface area contributed by atoms with Crippen molar-refractivity contribution >= 4 is 38.9 Å². The van der Waals surface area contributed by atoms with Crippen LogP contribution in [0.5, 0.6) is 0 Å². The molecule has 174 valence electrons. The lowest BCUT2D eigenvalue weighted by molar-refractivity contribution is 0.102. The van der Waals surface area contributed by atoms with E-state index in [1.807, 2.05) is 31.2 Å². The first-order chi connectivity index (χ1) is 15.7. The summed E-state index contributed by atoms with van der Waals surface area (Å²) in [6, 6.07) is 18.6. The van der Waals surface area contributed by atoms with Crippen LogP contribution in [0.3, 0.4) is 0 Å². The number of halogens is 1. The summed E-state index contributed by atoms with van der Waals surface area (Å²) in [6.45, 7) is 8.91. The molecule has 0 radical (unpaired) electrons. The lowest BCUT2D eigenvalue weighted by Crippen LogP contribution is -2.22. The topological polar surface area (TPSA) is 78.5 Å². The van der Waals surface area contributed by atoms with Crippen molar-refractivity contribution in [3.63, 3.8) is 0 Å². The van der Waals surface area contributed by atoms with Gasteiger partial charge in [0.05, 0.1) is 15.5 Å². The molecule has 8 heteroatoms. The molecule has 0 spiro atoms. The molecule has 0 aliphatic heterocycles. The van der Waals surface area contributed by atoms with Gasteiger partial charge in [0.25, 0.3) is 15.9 Å². The van der Waals surface area contributed by atoms with E-state index in [2.05, 4.69) is 28.8 Å². The van der Waals surface area contributed by atoms with Crippen LogP contribution in [-0.2, 0) is 16.6 Å². The number of rotatable bonds is 9. The molecule has 0 saturated carbocycles. The Morgan fingerprint density at radius 2 is 1.52 bits per heavy atom. The molecule has 6 nitrogen and oxygen atoms in total. The predicted octanol–water partition coefficient (Wildman–Crippen LogP) is 5.54. The monoisotopic (exact) mass is 485 g/mol. The summed E-state index contributed by atoms with van der Waals surface area (Å²) < 4.78 is 27.9. The molecule has 0 aliphatic rings. The molecule has 3 aromatic carbocycles. The van der Waals surface area contributed by atoms with Gasteiger partial charge in [-0.1, -0.05) is 55.3 Å². The number of benzene rings is 3. The summed E-state index contributed by atoms with van der Waals surface area (Å²) in [7, 11) is -3.79. The van der Waals surface area contributed by atoms with Gasteiger partial charge in [0.2, 0.25) is 0 Å². The van der Waals surface area contributed by atoms with Crippen LogP contribution >= 0.6 is 11.6 Å². The van der Waals surface area contributed by atoms with E-state index in [1.165, 1.54) is 30.3 Å². The van der Waals surface area contributed by atoms with E-state index in [1.54, 1.807) is 12.1 Å². The Balaban J connectivity index is 1.73. The highest BCUT2D eigenvalue weighted by Crippen LogP contribution is 2.24. The maximum absolute atomic E-state index is 12.8. The van der Waals surface area contributed by atoms with Gasteiger partial charge in [0.1, 0.15) is 0 Å². The molecule has 33 heavy (non-hydrogen) atoms. The number of hydrogen-bond donors (Lipinski definition) is 2. The van der Waals surface area contributed by atoms with Crippen LogP contribution in [-0.4, -0.2) is 32.3 Å². The highest BCUT2D eigenvalue weighted by molar-refractivity contribution is 7.92. The summed E-state index contributed by atoms with van der Waals surface area (Å²) in [4.78, 5) is 15.3. The molecule has 0 saturated heterocycles. The number of sulfonamides is 1. The minimum absolute atomic E-state index is 0.138. The normalized spacial score (nSPS) is 11.4. The van der Waals surface area contributed by atoms with Crippen molar-refractivity contribution in [2.45, 2.75) is 32.2 Å². The number of amides is 1. The number of nitrogens with zero attached hydrogens (tertiary/aromatic N) is 1. The highest BCUT2D eigenvalue weighted by atomic mass is 35.5. The molecular weight excluding hydrogens is 458 g/mol. The summed E-state index contributed by atoms with van der Waals surface area (Å²) in [5.41, 5.74) is 3.17. The van der Waals surface area contributed by atoms with E-state index in [0.29, 0.717) is 5.69 Å². The van der Waals surface area contributed by atoms with E-state index in [-0.39, 0.29) is 21.2 Å². The van der Waals surface area contributed by atoms with Crippen LogP contribution in [0.15, 0.2) is 71.6 Å². The summed E-state index contributed by atoms with van der Waals surface area (Å²) >= 11 is 6.23. The quantitative estimate of drug-likeness (QED) is 0.417. The summed E-state index contributed by atoms with van der Waals surface area (Å²) in [6.07, 6.45) is 0. The predicted molar refractivity (Wildman–Crippen MR) is 134 cm³/mol. The molecule has 3 aromatic rings. The van der Waals surface area contributed by atoms with E-state index >= 15 is 0 Å². The van der Waals surface area contributed by atoms with Gasteiger partial charge in [-0.25, -0.2) is 8.42 Å². The molecular formula is C25H28ClN3O3S. The Morgan fingerprint density at radius 1 is 0.909 bits per heavy atom. The summed E-state index contributed by atoms with van der Waals surface area (Å²) in [5.74, 6) is -0.423. The third-order valence-corrected chi connectivity index (χ3v) is 7.03. The number of carbonyl (C=O) groups is 1. The molecule has 0 bridgehead atoms. The fourth-order valence-electron chi connectivity index (χ4n) is 3.29. The van der Waals surface area contributed by atoms with Crippen molar-refractivity contribution in [3.05, 3.63) is 88.4 Å². The molecule has 3 rings (SSSR count). The number of anilines is 2. The van der Waals surface area contributed by atoms with Crippen molar-refractivity contribution in [2.24, 2.45) is 0 Å². The van der Waals surface area contributed by atoms with Gasteiger partial charge in [0.15, 0.2) is 0 Å². The SMILES string of the molecule is CCN(CC)Cc1ccc(NC(=O)c2cc(NS(=O)(=O)c3ccc(C)cc3)ccc2Cl)cc1. The van der Waals surface area contributed by atoms with Crippen LogP contribution in [0.4, 0.5) is 11.4 Å². The van der Waals surface area contributed by atoms with E-state index in [9.17, 15) is 13.2 Å². The highest BCUT2D eigenvalue weighted by Gasteiger charge is 2.17. The number of nitrogens with one attached hydrogen (secondary N) is 2. The van der Waals surface area contributed by atoms with Crippen molar-refractivity contribution < 1.29 is 13.2 Å². The van der Waals surface area contributed by atoms with Crippen LogP contribution in [0, 0.1) is 6.92 Å². The Bertz CT molecular complexity index is 1210. The fourth-order valence-corrected chi connectivity index (χ4v) is 4.54. The zero-order chi connectivity index (χ0) is 24.0. The van der Waals surface area contributed by atoms with Crippen molar-refractivity contribution in [2.75, 3.05) is 23.1 Å². The van der Waals surface area contributed by atoms with Gasteiger partial charge in [-0.2, -0.15) is 0 Å². The minimum Gasteiger partial charge on any atom is -0.322 e. The number of aryl methyl sites for hydroxylation is 1. The standard InChI is InChI=1S/C25H28ClN3O3S/c1-4-29(5-2)17-19-8-10-20(11-9-19)27-25(30)23-16-21(12-15-24(23)26)28-33(31,32)22-13-6-18(3)7-14-22/h6-16,28H,4-5,17H2,1-3H3,(H,27,30). The Labute approximate surface area is 200 Å². The van der Waals surface area contributed by atoms with Crippen LogP contribution < -0.4 is 10.0 Å². The van der Waals surface area contributed by atoms with Crippen molar-refractivity contribution in [1.29, 1.82) is 0 Å². The van der Waals surface area contributed by atoms with Crippen LogP contribution in [0.2, 0.25) is 5.02 Å². The Hall–Kier alpha value is -2.87. The minimum atomic E-state index is -3.79. The largest absolute Gasteiger partial charge is 0.322 e. The van der Waals surface area contributed by atoms with Gasteiger partial charge in [-0.3, -0.25) is 14.4 Å². The molecule has 0 fully saturated rings. The zero-order valence-corrected chi connectivity index (χ0v) is 20.5. The third kappa shape index (κ3) is 6.57. The second kappa shape index (κ2) is 10.8. The molecule has 0 aliphatic carbocycles. The lowest BCUT2D eigenvalue weighted by Gasteiger charge is -2.18. The smallest absolute Gasteiger partial charge is 0.261 e. The maximum atomic E-state index is 12.8. The first-order valence-corrected chi connectivity index (χ1v) is 12.6. The first kappa shape index (κ1) is 24.8. The second-order valence-electron chi connectivity index (χ2n) is 7.73. The third-order valence-electron chi connectivity index (χ3n) is 5.31. The Morgan fingerprint density at radius 3 is 2.12 bits per heavy atom. The van der Waals surface area contributed by atoms with Gasteiger partial charge in [-0.15, -0.1) is 0 Å². The van der Waals surface area contributed by atoms with Crippen LogP contribution in [0.1, 0.15) is 35.3 Å². The fraction of sp³-hybridized carbons (Fsp3) is 0.240. The molecule has 0 heterocycles. The molecule has 0 unspecified atom stereocenters. The molecule has 0 atom stereocenters. The molecule has 0 aromatic heterocycles. The van der Waals surface area contributed by atoms with Gasteiger partial charge in [-0.05, 0) is 68.0 Å². The molecule has 1 amide bonds. The van der Waals surface area contributed by atoms with Gasteiger partial charge in [0, 0.05) is 17.9 Å². The van der Waals surface area contributed by atoms with E-state index in [0.717, 1.165) is 30.8 Å². The van der Waals surface area contributed by atoms with Crippen molar-refractivity contribution in [3.8, 4) is 0 Å². The average Bonchev–Trinajstić information content (AvgIpc) is 2.80. The van der Waals surface area contributed by atoms with Crippen LogP contribution in [0.25, 0.3) is 0 Å². The number of hydrogen-bond acceptors (Lipinski definition) is 4. The van der Waals surface area contributed by atoms with Crippen molar-refractivity contribution in [1.82, 2.24) is 4.90 Å². The Kier molecular flexibility index (Phi) is 8.13. The number of carbonyl (C=O) groups excluding carboxylic acids is 1. The first-order valence-electron chi connectivity index (χ1n) is 10.7. The van der Waals surface area contributed by atoms with E-state index < -0.39 is 15.9 Å². The second-order valence-corrected chi connectivity index (χ2v) is 9.82.